The van der Waals surface area contributed by atoms with Gasteiger partial charge in [0, 0.05) is 27.8 Å². The van der Waals surface area contributed by atoms with Crippen LogP contribution in [0.15, 0.2) is 70.6 Å². The number of amides is 1. The van der Waals surface area contributed by atoms with E-state index in [0.29, 0.717) is 37.7 Å². The van der Waals surface area contributed by atoms with Crippen molar-refractivity contribution in [3.8, 4) is 11.5 Å². The lowest BCUT2D eigenvalue weighted by Crippen LogP contribution is -2.29. The van der Waals surface area contributed by atoms with E-state index >= 15 is 0 Å². The number of nitrogens with zero attached hydrogens (tertiary/aromatic N) is 3. The van der Waals surface area contributed by atoms with E-state index in [4.69, 9.17) is 27.9 Å². The zero-order chi connectivity index (χ0) is 28.8. The third-order valence-electron chi connectivity index (χ3n) is 6.79. The molecule has 0 saturated carbocycles. The van der Waals surface area contributed by atoms with Crippen LogP contribution >= 0.6 is 46.3 Å². The Labute approximate surface area is 253 Å². The van der Waals surface area contributed by atoms with Crippen LogP contribution in [0.5, 0.6) is 11.5 Å². The van der Waals surface area contributed by atoms with E-state index in [0.717, 1.165) is 28.2 Å². The molecule has 0 spiro atoms. The molecule has 2 N–H and O–H groups in total. The lowest BCUT2D eigenvalue weighted by atomic mass is 9.94. The van der Waals surface area contributed by atoms with Gasteiger partial charge in [-0.15, -0.1) is 10.2 Å². The Morgan fingerprint density at radius 3 is 2.63 bits per heavy atom. The van der Waals surface area contributed by atoms with Crippen LogP contribution in [-0.4, -0.2) is 38.2 Å². The number of aliphatic hydroxyl groups is 1. The third-order valence-corrected chi connectivity index (χ3v) is 9.48. The van der Waals surface area contributed by atoms with Gasteiger partial charge >= 0.3 is 5.91 Å². The summed E-state index contributed by atoms with van der Waals surface area (Å²) in [7, 11) is 0. The topological polar surface area (TPSA) is 113 Å². The molecule has 1 fully saturated rings. The van der Waals surface area contributed by atoms with Gasteiger partial charge in [0.2, 0.25) is 5.13 Å². The van der Waals surface area contributed by atoms with Crippen LogP contribution in [0.25, 0.3) is 5.76 Å². The second-order valence-electron chi connectivity index (χ2n) is 9.59. The van der Waals surface area contributed by atoms with Gasteiger partial charge in [0.1, 0.15) is 23.4 Å². The van der Waals surface area contributed by atoms with Gasteiger partial charge in [0.05, 0.1) is 11.6 Å². The van der Waals surface area contributed by atoms with Gasteiger partial charge in [0.15, 0.2) is 4.34 Å². The van der Waals surface area contributed by atoms with Crippen molar-refractivity contribution >= 4 is 68.9 Å². The van der Waals surface area contributed by atoms with E-state index < -0.39 is 17.7 Å². The van der Waals surface area contributed by atoms with E-state index in [1.54, 1.807) is 42.5 Å². The highest BCUT2D eigenvalue weighted by molar-refractivity contribution is 8.00. The fourth-order valence-electron chi connectivity index (χ4n) is 4.86. The number of halogens is 2. The molecule has 2 unspecified atom stereocenters. The molecular formula is C29H21Cl2N3O5S2. The van der Waals surface area contributed by atoms with Crippen molar-refractivity contribution in [1.82, 2.24) is 10.2 Å². The van der Waals surface area contributed by atoms with Crippen LogP contribution in [0.4, 0.5) is 5.13 Å². The smallest absolute Gasteiger partial charge is 0.301 e. The number of carbonyl (C=O) groups is 2. The number of aromatic nitrogens is 2. The molecule has 8 nitrogen and oxygen atoms in total. The van der Waals surface area contributed by atoms with Crippen molar-refractivity contribution in [2.75, 3.05) is 4.90 Å². The van der Waals surface area contributed by atoms with Crippen molar-refractivity contribution in [2.24, 2.45) is 0 Å². The highest BCUT2D eigenvalue weighted by atomic mass is 35.5. The maximum absolute atomic E-state index is 13.5. The van der Waals surface area contributed by atoms with Crippen molar-refractivity contribution in [1.29, 1.82) is 0 Å². The number of thioether (sulfide) groups is 1. The second kappa shape index (κ2) is 11.0. The summed E-state index contributed by atoms with van der Waals surface area (Å²) in [4.78, 5) is 28.2. The van der Waals surface area contributed by atoms with E-state index in [1.165, 1.54) is 28.8 Å². The van der Waals surface area contributed by atoms with Crippen molar-refractivity contribution in [3.63, 3.8) is 0 Å². The summed E-state index contributed by atoms with van der Waals surface area (Å²) < 4.78 is 6.32. The van der Waals surface area contributed by atoms with E-state index in [1.807, 2.05) is 13.0 Å². The van der Waals surface area contributed by atoms with Crippen LogP contribution in [0.2, 0.25) is 10.0 Å². The Balaban J connectivity index is 1.37. The normalized spacial score (nSPS) is 19.4. The molecule has 0 radical (unpaired) electrons. The Hall–Kier alpha value is -3.57. The number of ether oxygens (including phenoxy) is 1. The van der Waals surface area contributed by atoms with Gasteiger partial charge in [-0.3, -0.25) is 14.5 Å². The minimum atomic E-state index is -0.990. The summed E-state index contributed by atoms with van der Waals surface area (Å²) in [6.07, 6.45) is 0.670. The van der Waals surface area contributed by atoms with Gasteiger partial charge < -0.3 is 14.9 Å². The number of anilines is 1. The van der Waals surface area contributed by atoms with Crippen LogP contribution in [0, 0.1) is 0 Å². The number of Topliss-reactive ketones (excluding diaryl/α,β-unsaturated/α-hetero) is 1. The molecule has 1 saturated heterocycles. The summed E-state index contributed by atoms with van der Waals surface area (Å²) in [5.74, 6) is -0.745. The summed E-state index contributed by atoms with van der Waals surface area (Å²) in [5.41, 5.74) is 2.60. The molecule has 0 bridgehead atoms. The quantitative estimate of drug-likeness (QED) is 0.0791. The van der Waals surface area contributed by atoms with Gasteiger partial charge in [0.25, 0.3) is 5.78 Å². The number of aliphatic hydroxyl groups excluding tert-OH is 1. The fraction of sp³-hybridized carbons (Fsp3) is 0.172. The molecule has 1 aromatic heterocycles. The molecule has 1 amide bonds. The van der Waals surface area contributed by atoms with Crippen LogP contribution < -0.4 is 9.64 Å². The molecular weight excluding hydrogens is 605 g/mol. The number of aromatic hydroxyl groups is 1. The summed E-state index contributed by atoms with van der Waals surface area (Å²) in [6, 6.07) is 15.6. The predicted octanol–water partition coefficient (Wildman–Crippen LogP) is 6.79. The first-order valence-electron chi connectivity index (χ1n) is 12.5. The molecule has 3 aromatic carbocycles. The minimum absolute atomic E-state index is 0.00478. The molecule has 2 atom stereocenters. The average molecular weight is 627 g/mol. The number of hydrogen-bond donors (Lipinski definition) is 2. The standard InChI is InChI=1S/C29H21Cl2N3O5S2/c1-14-10-18-11-16(5-9-22(18)39-14)25(36)23-24(15-3-7-20(35)8-4-15)34(27(38)26(23)37)28-32-33-29(41-28)40-13-17-2-6-19(30)12-21(17)31/h2-9,11-12,14,24,35-36H,10,13H2,1H3/b25-23+. The Bertz CT molecular complexity index is 1720. The van der Waals surface area contributed by atoms with Crippen molar-refractivity contribution in [2.45, 2.75) is 35.6 Å². The van der Waals surface area contributed by atoms with Crippen LogP contribution in [0.1, 0.15) is 35.2 Å². The first kappa shape index (κ1) is 27.6. The van der Waals surface area contributed by atoms with E-state index in [-0.39, 0.29) is 28.3 Å². The van der Waals surface area contributed by atoms with Gasteiger partial charge in [-0.1, -0.05) is 64.5 Å². The number of phenolic OH excluding ortho intramolecular Hbond substituents is 1. The number of benzene rings is 3. The Kier molecular flexibility index (Phi) is 7.41. The SMILES string of the molecule is CC1Cc2cc(/C(O)=C3\C(=O)C(=O)N(c4nnc(SCc5ccc(Cl)cc5Cl)s4)C3c3ccc(O)cc3)ccc2O1. The second-order valence-corrected chi connectivity index (χ2v) is 12.6. The zero-order valence-corrected chi connectivity index (χ0v) is 24.5. The monoisotopic (exact) mass is 625 g/mol. The number of hydrogen-bond acceptors (Lipinski definition) is 9. The number of rotatable bonds is 6. The molecule has 12 heteroatoms. The van der Waals surface area contributed by atoms with E-state index in [9.17, 15) is 19.8 Å². The van der Waals surface area contributed by atoms with Gasteiger partial charge in [-0.25, -0.2) is 0 Å². The molecule has 4 aromatic rings. The molecule has 0 aliphatic carbocycles. The average Bonchev–Trinajstić information content (AvgIpc) is 3.63. The lowest BCUT2D eigenvalue weighted by Gasteiger charge is -2.22. The maximum Gasteiger partial charge on any atom is 0.301 e. The lowest BCUT2D eigenvalue weighted by molar-refractivity contribution is -0.132. The van der Waals surface area contributed by atoms with E-state index in [2.05, 4.69) is 10.2 Å². The molecule has 2 aliphatic heterocycles. The molecule has 3 heterocycles. The highest BCUT2D eigenvalue weighted by Crippen LogP contribution is 2.45. The molecule has 208 valence electrons. The largest absolute Gasteiger partial charge is 0.508 e. The zero-order valence-electron chi connectivity index (χ0n) is 21.4. The molecule has 41 heavy (non-hydrogen) atoms. The highest BCUT2D eigenvalue weighted by Gasteiger charge is 2.48. The fourth-order valence-corrected chi connectivity index (χ4v) is 7.29. The molecule has 6 rings (SSSR count). The summed E-state index contributed by atoms with van der Waals surface area (Å²) >= 11 is 14.8. The number of carbonyl (C=O) groups excluding carboxylic acids is 2. The minimum Gasteiger partial charge on any atom is -0.508 e. The van der Waals surface area contributed by atoms with Gasteiger partial charge in [-0.05, 0) is 66.1 Å². The van der Waals surface area contributed by atoms with Crippen LogP contribution in [-0.2, 0) is 21.8 Å². The van der Waals surface area contributed by atoms with Gasteiger partial charge in [-0.2, -0.15) is 0 Å². The van der Waals surface area contributed by atoms with Crippen molar-refractivity contribution in [3.05, 3.63) is 98.5 Å². The summed E-state index contributed by atoms with van der Waals surface area (Å²) in [5, 5.41) is 31.0. The Morgan fingerprint density at radius 1 is 1.10 bits per heavy atom. The predicted molar refractivity (Wildman–Crippen MR) is 159 cm³/mol. The van der Waals surface area contributed by atoms with Crippen LogP contribution in [0.3, 0.4) is 0 Å². The first-order valence-corrected chi connectivity index (χ1v) is 15.1. The van der Waals surface area contributed by atoms with Crippen molar-refractivity contribution < 1.29 is 24.5 Å². The number of phenols is 1. The summed E-state index contributed by atoms with van der Waals surface area (Å²) in [6.45, 7) is 1.95. The Morgan fingerprint density at radius 2 is 1.88 bits per heavy atom. The molecule has 2 aliphatic rings. The first-order chi connectivity index (χ1) is 19.7. The third kappa shape index (κ3) is 5.28. The number of ketones is 1. The maximum atomic E-state index is 13.5. The number of fused-ring (bicyclic) bond motifs is 1.